The monoisotopic (exact) mass is 356 g/mol. The lowest BCUT2D eigenvalue weighted by Crippen LogP contribution is -2.28. The first-order valence-electron chi connectivity index (χ1n) is 6.82. The van der Waals surface area contributed by atoms with E-state index in [9.17, 15) is 27.1 Å². The van der Waals surface area contributed by atoms with E-state index in [4.69, 9.17) is 0 Å². The highest BCUT2D eigenvalue weighted by atomic mass is 32.2. The molecule has 0 aliphatic heterocycles. The second-order valence-corrected chi connectivity index (χ2v) is 6.56. The number of aromatic hydroxyl groups is 1. The van der Waals surface area contributed by atoms with Crippen molar-refractivity contribution < 1.29 is 27.1 Å². The van der Waals surface area contributed by atoms with Crippen molar-refractivity contribution in [1.82, 2.24) is 4.72 Å². The Morgan fingerprint density at radius 3 is 2.46 bits per heavy atom. The van der Waals surface area contributed by atoms with Crippen LogP contribution in [0.4, 0.5) is 14.5 Å². The van der Waals surface area contributed by atoms with Gasteiger partial charge in [0.25, 0.3) is 0 Å². The third-order valence-electron chi connectivity index (χ3n) is 3.02. The van der Waals surface area contributed by atoms with Crippen LogP contribution in [0, 0.1) is 11.6 Å². The lowest BCUT2D eigenvalue weighted by atomic mass is 10.3. The number of carbonyl (C=O) groups excluding carboxylic acids is 1. The number of sulfonamides is 1. The Labute approximate surface area is 137 Å². The first-order chi connectivity index (χ1) is 11.3. The number of para-hydroxylation sites is 2. The summed E-state index contributed by atoms with van der Waals surface area (Å²) in [5, 5.41) is 11.9. The van der Waals surface area contributed by atoms with Gasteiger partial charge in [-0.2, -0.15) is 0 Å². The molecule has 0 radical (unpaired) electrons. The van der Waals surface area contributed by atoms with E-state index in [0.29, 0.717) is 12.1 Å². The lowest BCUT2D eigenvalue weighted by molar-refractivity contribution is -0.116. The number of phenolic OH excluding ortho intramolecular Hbond substituents is 1. The minimum Gasteiger partial charge on any atom is -0.506 e. The predicted molar refractivity (Wildman–Crippen MR) is 82.9 cm³/mol. The average Bonchev–Trinajstić information content (AvgIpc) is 2.52. The normalized spacial score (nSPS) is 11.2. The van der Waals surface area contributed by atoms with Gasteiger partial charge in [-0.3, -0.25) is 4.79 Å². The largest absolute Gasteiger partial charge is 0.506 e. The molecule has 0 saturated heterocycles. The van der Waals surface area contributed by atoms with Crippen molar-refractivity contribution in [2.24, 2.45) is 0 Å². The maximum absolute atomic E-state index is 13.1. The minimum absolute atomic E-state index is 0.117. The van der Waals surface area contributed by atoms with E-state index in [2.05, 4.69) is 10.0 Å². The predicted octanol–water partition coefficient (Wildman–Crippen LogP) is 1.98. The fraction of sp³-hybridized carbons (Fsp3) is 0.133. The SMILES string of the molecule is O=C(CCNS(=O)(=O)c1ccc(F)c(F)c1)Nc1ccccc1O. The Morgan fingerprint density at radius 1 is 1.08 bits per heavy atom. The average molecular weight is 356 g/mol. The summed E-state index contributed by atoms with van der Waals surface area (Å²) in [7, 11) is -4.06. The molecule has 3 N–H and O–H groups in total. The highest BCUT2D eigenvalue weighted by Gasteiger charge is 2.16. The molecular formula is C15H14F2N2O4S. The Hall–Kier alpha value is -2.52. The number of carbonyl (C=O) groups is 1. The molecule has 0 bridgehead atoms. The Bertz CT molecular complexity index is 856. The number of halogens is 2. The van der Waals surface area contributed by atoms with Gasteiger partial charge in [0.1, 0.15) is 5.75 Å². The van der Waals surface area contributed by atoms with Crippen LogP contribution in [0.3, 0.4) is 0 Å². The molecule has 0 aliphatic rings. The number of hydrogen-bond acceptors (Lipinski definition) is 4. The smallest absolute Gasteiger partial charge is 0.240 e. The van der Waals surface area contributed by atoms with Crippen molar-refractivity contribution in [3.63, 3.8) is 0 Å². The van der Waals surface area contributed by atoms with E-state index in [0.717, 1.165) is 6.07 Å². The molecule has 0 aromatic heterocycles. The highest BCUT2D eigenvalue weighted by Crippen LogP contribution is 2.21. The van der Waals surface area contributed by atoms with Crippen molar-refractivity contribution in [1.29, 1.82) is 0 Å². The highest BCUT2D eigenvalue weighted by molar-refractivity contribution is 7.89. The molecule has 2 aromatic carbocycles. The summed E-state index contributed by atoms with van der Waals surface area (Å²) < 4.78 is 51.9. The molecule has 1 amide bonds. The van der Waals surface area contributed by atoms with Crippen molar-refractivity contribution in [2.45, 2.75) is 11.3 Å². The van der Waals surface area contributed by atoms with E-state index in [1.807, 2.05) is 0 Å². The fourth-order valence-electron chi connectivity index (χ4n) is 1.82. The van der Waals surface area contributed by atoms with Gasteiger partial charge < -0.3 is 10.4 Å². The van der Waals surface area contributed by atoms with Crippen LogP contribution < -0.4 is 10.0 Å². The van der Waals surface area contributed by atoms with Crippen LogP contribution in [-0.4, -0.2) is 26.0 Å². The van der Waals surface area contributed by atoms with Crippen molar-refractivity contribution in [3.05, 3.63) is 54.1 Å². The molecule has 0 fully saturated rings. The van der Waals surface area contributed by atoms with Gasteiger partial charge in [0, 0.05) is 13.0 Å². The van der Waals surface area contributed by atoms with Gasteiger partial charge >= 0.3 is 0 Å². The maximum atomic E-state index is 13.1. The standard InChI is InChI=1S/C15H14F2N2O4S/c16-11-6-5-10(9-12(11)17)24(22,23)18-8-7-15(21)19-13-3-1-2-4-14(13)20/h1-6,9,18,20H,7-8H2,(H,19,21). The van der Waals surface area contributed by atoms with Gasteiger partial charge in [-0.05, 0) is 30.3 Å². The quantitative estimate of drug-likeness (QED) is 0.690. The minimum atomic E-state index is -4.06. The maximum Gasteiger partial charge on any atom is 0.240 e. The Morgan fingerprint density at radius 2 is 1.79 bits per heavy atom. The summed E-state index contributed by atoms with van der Waals surface area (Å²) in [6.45, 7) is -0.249. The van der Waals surface area contributed by atoms with E-state index in [1.54, 1.807) is 12.1 Å². The number of benzene rings is 2. The third-order valence-corrected chi connectivity index (χ3v) is 4.48. The van der Waals surface area contributed by atoms with Crippen LogP contribution in [0.5, 0.6) is 5.75 Å². The van der Waals surface area contributed by atoms with Gasteiger partial charge in [-0.15, -0.1) is 0 Å². The summed E-state index contributed by atoms with van der Waals surface area (Å²) in [5.74, 6) is -3.08. The summed E-state index contributed by atoms with van der Waals surface area (Å²) >= 11 is 0. The zero-order valence-electron chi connectivity index (χ0n) is 12.3. The topological polar surface area (TPSA) is 95.5 Å². The number of amides is 1. The van der Waals surface area contributed by atoms with E-state index < -0.39 is 32.5 Å². The fourth-order valence-corrected chi connectivity index (χ4v) is 2.86. The molecule has 128 valence electrons. The number of rotatable bonds is 6. The van der Waals surface area contributed by atoms with Gasteiger partial charge in [0.15, 0.2) is 11.6 Å². The molecule has 9 heteroatoms. The molecule has 2 aromatic rings. The first-order valence-corrected chi connectivity index (χ1v) is 8.30. The molecule has 0 atom stereocenters. The Balaban J connectivity index is 1.92. The van der Waals surface area contributed by atoms with E-state index >= 15 is 0 Å². The molecule has 2 rings (SSSR count). The zero-order chi connectivity index (χ0) is 17.7. The van der Waals surface area contributed by atoms with Crippen LogP contribution in [-0.2, 0) is 14.8 Å². The van der Waals surface area contributed by atoms with E-state index in [-0.39, 0.29) is 24.4 Å². The van der Waals surface area contributed by atoms with Crippen LogP contribution >= 0.6 is 0 Å². The van der Waals surface area contributed by atoms with E-state index in [1.165, 1.54) is 12.1 Å². The van der Waals surface area contributed by atoms with Gasteiger partial charge in [0.05, 0.1) is 10.6 Å². The molecule has 0 aliphatic carbocycles. The van der Waals surface area contributed by atoms with Crippen LogP contribution in [0.2, 0.25) is 0 Å². The molecule has 0 heterocycles. The van der Waals surface area contributed by atoms with Crippen LogP contribution in [0.15, 0.2) is 47.4 Å². The molecule has 24 heavy (non-hydrogen) atoms. The lowest BCUT2D eigenvalue weighted by Gasteiger charge is -2.09. The first kappa shape index (κ1) is 17.8. The van der Waals surface area contributed by atoms with Gasteiger partial charge in [-0.25, -0.2) is 21.9 Å². The summed E-state index contributed by atoms with van der Waals surface area (Å²) in [5.41, 5.74) is 0.200. The summed E-state index contributed by atoms with van der Waals surface area (Å²) in [6.07, 6.45) is -0.211. The summed E-state index contributed by atoms with van der Waals surface area (Å²) in [6, 6.07) is 8.25. The molecule has 6 nitrogen and oxygen atoms in total. The molecule has 0 spiro atoms. The Kier molecular flexibility index (Phi) is 5.47. The van der Waals surface area contributed by atoms with Crippen molar-refractivity contribution in [3.8, 4) is 5.75 Å². The van der Waals surface area contributed by atoms with Crippen molar-refractivity contribution in [2.75, 3.05) is 11.9 Å². The second-order valence-electron chi connectivity index (χ2n) is 4.79. The zero-order valence-corrected chi connectivity index (χ0v) is 13.1. The second kappa shape index (κ2) is 7.37. The van der Waals surface area contributed by atoms with Crippen LogP contribution in [0.1, 0.15) is 6.42 Å². The summed E-state index contributed by atoms with van der Waals surface area (Å²) in [4.78, 5) is 11.3. The van der Waals surface area contributed by atoms with Gasteiger partial charge in [-0.1, -0.05) is 12.1 Å². The van der Waals surface area contributed by atoms with Crippen molar-refractivity contribution >= 4 is 21.6 Å². The number of anilines is 1. The molecular weight excluding hydrogens is 342 g/mol. The molecule has 0 unspecified atom stereocenters. The van der Waals surface area contributed by atoms with Crippen LogP contribution in [0.25, 0.3) is 0 Å². The third kappa shape index (κ3) is 4.49. The number of hydrogen-bond donors (Lipinski definition) is 3. The number of phenols is 1. The van der Waals surface area contributed by atoms with Gasteiger partial charge in [0.2, 0.25) is 15.9 Å². The number of nitrogens with one attached hydrogen (secondary N) is 2. The molecule has 0 saturated carbocycles.